The highest BCUT2D eigenvalue weighted by Crippen LogP contribution is 2.40. The van der Waals surface area contributed by atoms with Crippen LogP contribution >= 0.6 is 0 Å². The van der Waals surface area contributed by atoms with Gasteiger partial charge in [0.2, 0.25) is 0 Å². The molecule has 6 heteroatoms. The Morgan fingerprint density at radius 3 is 2.29 bits per heavy atom. The zero-order valence-electron chi connectivity index (χ0n) is 16.6. The number of nitrogens with zero attached hydrogens (tertiary/aromatic N) is 2. The van der Waals surface area contributed by atoms with Gasteiger partial charge in [0.05, 0.1) is 18.2 Å². The third-order valence-corrected chi connectivity index (χ3v) is 9.42. The van der Waals surface area contributed by atoms with Crippen LogP contribution < -0.4 is 0 Å². The molecule has 0 radical (unpaired) electrons. The van der Waals surface area contributed by atoms with Crippen LogP contribution in [0.25, 0.3) is 0 Å². The van der Waals surface area contributed by atoms with Gasteiger partial charge in [0.25, 0.3) is 0 Å². The third-order valence-electron chi connectivity index (χ3n) is 4.92. The summed E-state index contributed by atoms with van der Waals surface area (Å²) in [5.41, 5.74) is -0.519. The molecule has 0 aromatic rings. The van der Waals surface area contributed by atoms with E-state index in [-0.39, 0.29) is 23.3 Å². The predicted molar refractivity (Wildman–Crippen MR) is 98.3 cm³/mol. The van der Waals surface area contributed by atoms with Gasteiger partial charge in [-0.25, -0.2) is 4.79 Å². The molecule has 0 unspecified atom stereocenters. The van der Waals surface area contributed by atoms with Gasteiger partial charge in [-0.2, -0.15) is 5.26 Å². The van der Waals surface area contributed by atoms with Gasteiger partial charge >= 0.3 is 6.09 Å². The largest absolute Gasteiger partial charge is 0.444 e. The van der Waals surface area contributed by atoms with Crippen molar-refractivity contribution in [1.29, 1.82) is 5.26 Å². The fourth-order valence-electron chi connectivity index (χ4n) is 2.62. The number of hydrogen-bond donors (Lipinski definition) is 0. The van der Waals surface area contributed by atoms with E-state index < -0.39 is 13.9 Å². The van der Waals surface area contributed by atoms with Crippen LogP contribution in [-0.4, -0.2) is 43.6 Å². The van der Waals surface area contributed by atoms with Gasteiger partial charge in [-0.15, -0.1) is 0 Å². The molecule has 1 rings (SSSR count). The summed E-state index contributed by atoms with van der Waals surface area (Å²) < 4.78 is 12.1. The summed E-state index contributed by atoms with van der Waals surface area (Å²) in [6.07, 6.45) is 1.55. The van der Waals surface area contributed by atoms with E-state index in [1.807, 2.05) is 20.8 Å². The van der Waals surface area contributed by atoms with Crippen LogP contribution in [0.3, 0.4) is 0 Å². The first-order valence-corrected chi connectivity index (χ1v) is 11.7. The minimum Gasteiger partial charge on any atom is -0.444 e. The summed E-state index contributed by atoms with van der Waals surface area (Å²) in [5, 5.41) is 9.09. The number of nitriles is 1. The lowest BCUT2D eigenvalue weighted by molar-refractivity contribution is 0.0155. The van der Waals surface area contributed by atoms with E-state index in [0.29, 0.717) is 19.4 Å². The molecule has 1 fully saturated rings. The fourth-order valence-corrected chi connectivity index (χ4v) is 4.00. The van der Waals surface area contributed by atoms with E-state index in [2.05, 4.69) is 39.9 Å². The first-order valence-electron chi connectivity index (χ1n) is 8.83. The highest BCUT2D eigenvalue weighted by molar-refractivity contribution is 6.74. The summed E-state index contributed by atoms with van der Waals surface area (Å²) in [4.78, 5) is 14.3. The van der Waals surface area contributed by atoms with Crippen molar-refractivity contribution in [3.05, 3.63) is 0 Å². The van der Waals surface area contributed by atoms with Crippen molar-refractivity contribution in [2.24, 2.45) is 0 Å². The van der Waals surface area contributed by atoms with E-state index in [0.717, 1.165) is 6.42 Å². The maximum Gasteiger partial charge on any atom is 0.410 e. The van der Waals surface area contributed by atoms with Gasteiger partial charge in [-0.05, 0) is 51.7 Å². The molecule has 0 aromatic heterocycles. The zero-order chi connectivity index (χ0) is 18.8. The molecule has 1 heterocycles. The SMILES string of the molecule is CC(C)(C)OC(=O)N1CC[C@H](O[Si](C)(C)C(C)(C)C)[C@H]1CCC#N. The van der Waals surface area contributed by atoms with E-state index in [1.54, 1.807) is 4.90 Å². The first kappa shape index (κ1) is 21.0. The molecule has 2 atom stereocenters. The van der Waals surface area contributed by atoms with Crippen molar-refractivity contribution < 1.29 is 14.0 Å². The van der Waals surface area contributed by atoms with Crippen LogP contribution in [0.2, 0.25) is 18.1 Å². The Hall–Kier alpha value is -1.06. The second-order valence-electron chi connectivity index (χ2n) is 9.14. The number of hydrogen-bond acceptors (Lipinski definition) is 4. The average molecular weight is 355 g/mol. The van der Waals surface area contributed by atoms with Crippen LogP contribution in [0, 0.1) is 11.3 Å². The summed E-state index contributed by atoms with van der Waals surface area (Å²) in [6.45, 7) is 17.3. The maximum absolute atomic E-state index is 12.5. The summed E-state index contributed by atoms with van der Waals surface area (Å²) in [7, 11) is -1.92. The number of carbonyl (C=O) groups excluding carboxylic acids is 1. The lowest BCUT2D eigenvalue weighted by Gasteiger charge is -2.40. The second-order valence-corrected chi connectivity index (χ2v) is 13.9. The Bertz CT molecular complexity index is 486. The van der Waals surface area contributed by atoms with Crippen LogP contribution in [0.15, 0.2) is 0 Å². The molecule has 0 bridgehead atoms. The molecule has 0 spiro atoms. The molecule has 1 aliphatic rings. The van der Waals surface area contributed by atoms with E-state index in [4.69, 9.17) is 14.4 Å². The lowest BCUT2D eigenvalue weighted by Crippen LogP contribution is -2.49. The minimum absolute atomic E-state index is 0.00763. The Balaban J connectivity index is 2.91. The monoisotopic (exact) mass is 354 g/mol. The van der Waals surface area contributed by atoms with E-state index >= 15 is 0 Å². The number of amides is 1. The van der Waals surface area contributed by atoms with Crippen molar-refractivity contribution in [3.8, 4) is 6.07 Å². The van der Waals surface area contributed by atoms with Gasteiger partial charge in [-0.1, -0.05) is 20.8 Å². The van der Waals surface area contributed by atoms with Crippen LogP contribution in [0.4, 0.5) is 4.79 Å². The van der Waals surface area contributed by atoms with Gasteiger partial charge in [-0.3, -0.25) is 0 Å². The topological polar surface area (TPSA) is 62.6 Å². The summed E-state index contributed by atoms with van der Waals surface area (Å²) in [5.74, 6) is 0. The Kier molecular flexibility index (Phi) is 6.51. The smallest absolute Gasteiger partial charge is 0.410 e. The van der Waals surface area contributed by atoms with Crippen molar-refractivity contribution in [2.45, 2.75) is 96.7 Å². The van der Waals surface area contributed by atoms with Crippen molar-refractivity contribution >= 4 is 14.4 Å². The van der Waals surface area contributed by atoms with Crippen molar-refractivity contribution in [3.63, 3.8) is 0 Å². The molecule has 1 saturated heterocycles. The summed E-state index contributed by atoms with van der Waals surface area (Å²) >= 11 is 0. The highest BCUT2D eigenvalue weighted by Gasteiger charge is 2.45. The first-order chi connectivity index (χ1) is 10.8. The molecule has 0 aromatic carbocycles. The number of ether oxygens (including phenoxy) is 1. The van der Waals surface area contributed by atoms with E-state index in [1.165, 1.54) is 0 Å². The number of carbonyl (C=O) groups is 1. The quantitative estimate of drug-likeness (QED) is 0.687. The lowest BCUT2D eigenvalue weighted by atomic mass is 10.1. The molecule has 0 N–H and O–H groups in total. The number of likely N-dealkylation sites (tertiary alicyclic amines) is 1. The maximum atomic E-state index is 12.5. The normalized spacial score (nSPS) is 22.4. The summed E-state index contributed by atoms with van der Waals surface area (Å²) in [6, 6.07) is 2.12. The van der Waals surface area contributed by atoms with Crippen molar-refractivity contribution in [2.75, 3.05) is 6.54 Å². The van der Waals surface area contributed by atoms with Crippen LogP contribution in [0.1, 0.15) is 60.8 Å². The Morgan fingerprint density at radius 2 is 1.83 bits per heavy atom. The third kappa shape index (κ3) is 5.49. The van der Waals surface area contributed by atoms with Gasteiger partial charge in [0.15, 0.2) is 8.32 Å². The Labute approximate surface area is 148 Å². The predicted octanol–water partition coefficient (Wildman–Crippen LogP) is 4.69. The molecule has 24 heavy (non-hydrogen) atoms. The molecular formula is C18H34N2O3Si. The molecular weight excluding hydrogens is 320 g/mol. The molecule has 1 aliphatic heterocycles. The molecule has 0 aliphatic carbocycles. The van der Waals surface area contributed by atoms with Crippen molar-refractivity contribution in [1.82, 2.24) is 4.90 Å². The molecule has 138 valence electrons. The zero-order valence-corrected chi connectivity index (χ0v) is 17.6. The standard InChI is InChI=1S/C18H34N2O3Si/c1-17(2,3)22-16(21)20-13-11-15(14(20)10-9-12-19)23-24(7,8)18(4,5)6/h14-15H,9-11,13H2,1-8H3/t14-,15+/m1/s1. The second kappa shape index (κ2) is 7.45. The minimum atomic E-state index is -1.92. The number of rotatable bonds is 4. The highest BCUT2D eigenvalue weighted by atomic mass is 28.4. The van der Waals surface area contributed by atoms with Gasteiger partial charge in [0, 0.05) is 13.0 Å². The average Bonchev–Trinajstić information content (AvgIpc) is 2.75. The molecule has 0 saturated carbocycles. The van der Waals surface area contributed by atoms with Crippen LogP contribution in [0.5, 0.6) is 0 Å². The van der Waals surface area contributed by atoms with E-state index in [9.17, 15) is 4.79 Å². The van der Waals surface area contributed by atoms with Gasteiger partial charge in [0.1, 0.15) is 5.60 Å². The van der Waals surface area contributed by atoms with Gasteiger partial charge < -0.3 is 14.1 Å². The molecule has 5 nitrogen and oxygen atoms in total. The van der Waals surface area contributed by atoms with Crippen LogP contribution in [-0.2, 0) is 9.16 Å². The molecule has 1 amide bonds. The Morgan fingerprint density at radius 1 is 1.25 bits per heavy atom. The fraction of sp³-hybridized carbons (Fsp3) is 0.889.